The zero-order valence-electron chi connectivity index (χ0n) is 19.7. The summed E-state index contributed by atoms with van der Waals surface area (Å²) >= 11 is 0. The molecule has 0 radical (unpaired) electrons. The number of rotatable bonds is 6. The van der Waals surface area contributed by atoms with Crippen LogP contribution in [0.25, 0.3) is 0 Å². The van der Waals surface area contributed by atoms with E-state index in [-0.39, 0.29) is 54.4 Å². The third-order valence-corrected chi connectivity index (χ3v) is 9.05. The van der Waals surface area contributed by atoms with Crippen LogP contribution >= 0.6 is 0 Å². The van der Waals surface area contributed by atoms with Crippen molar-refractivity contribution < 1.29 is 38.5 Å². The zero-order chi connectivity index (χ0) is 24.0. The second-order valence-electron chi connectivity index (χ2n) is 10.5. The van der Waals surface area contributed by atoms with Gasteiger partial charge in [-0.1, -0.05) is 19.4 Å². The Balaban J connectivity index is 1.52. The third kappa shape index (κ3) is 3.75. The van der Waals surface area contributed by atoms with Crippen molar-refractivity contribution in [1.82, 2.24) is 0 Å². The first-order chi connectivity index (χ1) is 15.6. The van der Waals surface area contributed by atoms with Crippen molar-refractivity contribution >= 4 is 23.5 Å². The zero-order valence-corrected chi connectivity index (χ0v) is 19.7. The molecule has 0 bridgehead atoms. The first-order valence-electron chi connectivity index (χ1n) is 12.0. The van der Waals surface area contributed by atoms with E-state index in [9.17, 15) is 24.3 Å². The summed E-state index contributed by atoms with van der Waals surface area (Å²) in [6.45, 7) is 5.18. The maximum absolute atomic E-state index is 13.6. The van der Waals surface area contributed by atoms with Crippen molar-refractivity contribution in [1.29, 1.82) is 0 Å². The van der Waals surface area contributed by atoms with Crippen LogP contribution in [0.1, 0.15) is 65.7 Å². The molecule has 0 aliphatic heterocycles. The molecule has 0 unspecified atom stereocenters. The van der Waals surface area contributed by atoms with Gasteiger partial charge in [0.25, 0.3) is 0 Å². The van der Waals surface area contributed by atoms with Crippen LogP contribution in [0.3, 0.4) is 0 Å². The minimum atomic E-state index is -1.74. The predicted octanol–water partition coefficient (Wildman–Crippen LogP) is 3.14. The molecule has 6 atom stereocenters. The van der Waals surface area contributed by atoms with Gasteiger partial charge in [-0.3, -0.25) is 14.4 Å². The van der Waals surface area contributed by atoms with Crippen LogP contribution in [0.4, 0.5) is 4.79 Å². The molecule has 0 aromatic rings. The van der Waals surface area contributed by atoms with E-state index in [1.54, 1.807) is 13.0 Å². The lowest BCUT2D eigenvalue weighted by Gasteiger charge is -2.57. The number of ether oxygens (including phenoxy) is 3. The van der Waals surface area contributed by atoms with Crippen molar-refractivity contribution in [3.05, 3.63) is 11.6 Å². The number of fused-ring (bicyclic) bond motifs is 5. The maximum Gasteiger partial charge on any atom is 0.510 e. The van der Waals surface area contributed by atoms with E-state index < -0.39 is 29.6 Å². The molecule has 0 heterocycles. The van der Waals surface area contributed by atoms with Gasteiger partial charge in [0.2, 0.25) is 5.78 Å². The smallest absolute Gasteiger partial charge is 0.426 e. The summed E-state index contributed by atoms with van der Waals surface area (Å²) < 4.78 is 14.5. The lowest BCUT2D eigenvalue weighted by molar-refractivity contribution is -0.171. The van der Waals surface area contributed by atoms with Gasteiger partial charge in [0, 0.05) is 30.8 Å². The number of hydrogen-bond donors (Lipinski definition) is 1. The minimum absolute atomic E-state index is 0.00931. The van der Waals surface area contributed by atoms with Gasteiger partial charge in [-0.2, -0.15) is 0 Å². The molecule has 182 valence electrons. The fourth-order valence-electron chi connectivity index (χ4n) is 7.30. The quantitative estimate of drug-likeness (QED) is 0.364. The van der Waals surface area contributed by atoms with Gasteiger partial charge in [0.15, 0.2) is 19.2 Å². The number of Topliss-reactive ketones (excluding diaryl/α,β-unsaturated/α-hetero) is 2. The Morgan fingerprint density at radius 1 is 1.12 bits per heavy atom. The molecule has 0 aromatic heterocycles. The van der Waals surface area contributed by atoms with Gasteiger partial charge in [-0.05, 0) is 62.4 Å². The van der Waals surface area contributed by atoms with Gasteiger partial charge >= 0.3 is 6.16 Å². The number of aliphatic hydroxyl groups is 1. The number of allylic oxidation sites excluding steroid dienone is 1. The molecule has 4 rings (SSSR count). The van der Waals surface area contributed by atoms with E-state index in [4.69, 9.17) is 14.2 Å². The number of ketones is 3. The third-order valence-electron chi connectivity index (χ3n) is 9.05. The monoisotopic (exact) mass is 462 g/mol. The average molecular weight is 463 g/mol. The van der Waals surface area contributed by atoms with Crippen LogP contribution in [0.15, 0.2) is 11.6 Å². The topological polar surface area (TPSA) is 116 Å². The fourth-order valence-corrected chi connectivity index (χ4v) is 7.30. The van der Waals surface area contributed by atoms with E-state index in [2.05, 4.69) is 6.92 Å². The van der Waals surface area contributed by atoms with E-state index in [0.29, 0.717) is 25.9 Å². The molecule has 4 aliphatic carbocycles. The summed E-state index contributed by atoms with van der Waals surface area (Å²) in [4.78, 5) is 50.4. The van der Waals surface area contributed by atoms with Crippen molar-refractivity contribution in [3.63, 3.8) is 0 Å². The summed E-state index contributed by atoms with van der Waals surface area (Å²) in [5.74, 6) is -0.523. The molecule has 1 N–H and O–H groups in total. The SMILES string of the molecule is CCOCOC(=O)OCC(=O)[C@@]1(O)CC[C@H]2[C@@H]3CCC4=CC(=O)CC[C@]4(C)[C@H]3C(=O)C[C@@]21C. The fraction of sp³-hybridized carbons (Fsp3) is 0.760. The summed E-state index contributed by atoms with van der Waals surface area (Å²) in [6, 6.07) is 0. The lowest BCUT2D eigenvalue weighted by Crippen LogP contribution is -2.61. The van der Waals surface area contributed by atoms with Crippen LogP contribution in [0.2, 0.25) is 0 Å². The van der Waals surface area contributed by atoms with Crippen LogP contribution < -0.4 is 0 Å². The van der Waals surface area contributed by atoms with Crippen LogP contribution in [0.5, 0.6) is 0 Å². The molecule has 4 aliphatic rings. The highest BCUT2D eigenvalue weighted by molar-refractivity contribution is 5.95. The van der Waals surface area contributed by atoms with Crippen molar-refractivity contribution in [2.45, 2.75) is 71.3 Å². The molecular weight excluding hydrogens is 428 g/mol. The van der Waals surface area contributed by atoms with E-state index in [1.807, 2.05) is 6.92 Å². The minimum Gasteiger partial charge on any atom is -0.426 e. The Morgan fingerprint density at radius 2 is 1.88 bits per heavy atom. The molecule has 3 saturated carbocycles. The highest BCUT2D eigenvalue weighted by Crippen LogP contribution is 2.66. The van der Waals surface area contributed by atoms with Crippen LogP contribution in [-0.4, -0.2) is 54.2 Å². The average Bonchev–Trinajstić information content (AvgIpc) is 3.03. The Bertz CT molecular complexity index is 893. The largest absolute Gasteiger partial charge is 0.510 e. The van der Waals surface area contributed by atoms with E-state index in [0.717, 1.165) is 18.4 Å². The summed E-state index contributed by atoms with van der Waals surface area (Å²) in [5.41, 5.74) is -1.89. The second kappa shape index (κ2) is 8.62. The maximum atomic E-state index is 13.6. The first kappa shape index (κ1) is 24.1. The van der Waals surface area contributed by atoms with Gasteiger partial charge in [-0.15, -0.1) is 0 Å². The lowest BCUT2D eigenvalue weighted by atomic mass is 9.46. The number of carbonyl (C=O) groups is 4. The van der Waals surface area contributed by atoms with E-state index in [1.165, 1.54) is 0 Å². The molecular formula is C25H34O8. The Hall–Kier alpha value is -2.06. The first-order valence-corrected chi connectivity index (χ1v) is 12.0. The summed E-state index contributed by atoms with van der Waals surface area (Å²) in [6.07, 6.45) is 4.36. The van der Waals surface area contributed by atoms with Crippen molar-refractivity contribution in [2.24, 2.45) is 28.6 Å². The van der Waals surface area contributed by atoms with Gasteiger partial charge < -0.3 is 19.3 Å². The molecule has 8 heteroatoms. The predicted molar refractivity (Wildman–Crippen MR) is 116 cm³/mol. The Morgan fingerprint density at radius 3 is 2.61 bits per heavy atom. The molecule has 0 spiro atoms. The second-order valence-corrected chi connectivity index (χ2v) is 10.5. The van der Waals surface area contributed by atoms with Gasteiger partial charge in [0.1, 0.15) is 11.4 Å². The van der Waals surface area contributed by atoms with E-state index >= 15 is 0 Å². The highest BCUT2D eigenvalue weighted by atomic mass is 16.8. The Labute approximate surface area is 194 Å². The molecule has 33 heavy (non-hydrogen) atoms. The molecule has 8 nitrogen and oxygen atoms in total. The molecule has 3 fully saturated rings. The molecule has 0 aromatic carbocycles. The van der Waals surface area contributed by atoms with Crippen molar-refractivity contribution in [3.8, 4) is 0 Å². The molecule has 0 saturated heterocycles. The standard InChI is InChI=1S/C25H34O8/c1-4-31-14-33-22(29)32-13-20(28)25(30)10-8-18-17-6-5-15-11-16(26)7-9-23(15,2)21(17)19(27)12-24(18,25)3/h11,17-18,21,30H,4-10,12-14H2,1-3H3/t17-,18-,21+,23-,24-,25-/m0/s1. The normalized spacial score (nSPS) is 39.8. The Kier molecular flexibility index (Phi) is 6.29. The number of carbonyl (C=O) groups excluding carboxylic acids is 4. The van der Waals surface area contributed by atoms with Crippen molar-refractivity contribution in [2.75, 3.05) is 20.0 Å². The summed E-state index contributed by atoms with van der Waals surface area (Å²) in [7, 11) is 0. The summed E-state index contributed by atoms with van der Waals surface area (Å²) in [5, 5.41) is 11.6. The highest BCUT2D eigenvalue weighted by Gasteiger charge is 2.68. The van der Waals surface area contributed by atoms with Crippen LogP contribution in [-0.2, 0) is 28.6 Å². The van der Waals surface area contributed by atoms with Gasteiger partial charge in [0.05, 0.1) is 0 Å². The molecule has 0 amide bonds. The number of hydrogen-bond acceptors (Lipinski definition) is 8. The van der Waals surface area contributed by atoms with Crippen LogP contribution in [0, 0.1) is 28.6 Å². The van der Waals surface area contributed by atoms with Gasteiger partial charge in [-0.25, -0.2) is 4.79 Å².